The molecule has 12 heteroatoms. The highest BCUT2D eigenvalue weighted by atomic mass is 19.1. The van der Waals surface area contributed by atoms with Gasteiger partial charge in [0, 0.05) is 44.8 Å². The van der Waals surface area contributed by atoms with Gasteiger partial charge in [0.1, 0.15) is 17.1 Å². The maximum atomic E-state index is 14.9. The topological polar surface area (TPSA) is 120 Å². The number of methoxy groups -OCH3 is 1. The van der Waals surface area contributed by atoms with Crippen molar-refractivity contribution < 1.29 is 27.9 Å². The summed E-state index contributed by atoms with van der Waals surface area (Å²) in [6, 6.07) is 8.12. The summed E-state index contributed by atoms with van der Waals surface area (Å²) in [5.74, 6) is -1.15. The number of nitrogens with zero attached hydrogens (tertiary/aromatic N) is 4. The van der Waals surface area contributed by atoms with Crippen LogP contribution in [0, 0.1) is 5.82 Å². The fourth-order valence-corrected chi connectivity index (χ4v) is 5.59. The third-order valence-corrected chi connectivity index (χ3v) is 7.79. The summed E-state index contributed by atoms with van der Waals surface area (Å²) >= 11 is 0. The van der Waals surface area contributed by atoms with Gasteiger partial charge < -0.3 is 24.3 Å². The predicted octanol–water partition coefficient (Wildman–Crippen LogP) is 2.20. The van der Waals surface area contributed by atoms with Crippen LogP contribution in [0.3, 0.4) is 0 Å². The molecule has 2 aromatic heterocycles. The standard InChI is InChI=1S/C27H29FN6O5/c1-15(2)32-8-10-33(11-9-32)21-7-6-18-17(29-21)12-20(39-18)27(25(36)30-26(37)31-27)14-34-13-16-4-5-19(38-3)23(28)22(16)24(34)35/h4-7,12,15H,8-11,13-14H2,1-3H3,(H2,30,31,36,37). The molecule has 0 radical (unpaired) electrons. The molecule has 5 heterocycles. The van der Waals surface area contributed by atoms with E-state index in [1.807, 2.05) is 6.07 Å². The molecule has 204 valence electrons. The molecule has 0 aliphatic carbocycles. The number of piperazine rings is 1. The van der Waals surface area contributed by atoms with Crippen molar-refractivity contribution in [3.63, 3.8) is 0 Å². The molecule has 39 heavy (non-hydrogen) atoms. The van der Waals surface area contributed by atoms with Gasteiger partial charge in [0.25, 0.3) is 11.8 Å². The Morgan fingerprint density at radius 2 is 1.90 bits per heavy atom. The van der Waals surface area contributed by atoms with Crippen LogP contribution in [0.5, 0.6) is 5.75 Å². The van der Waals surface area contributed by atoms with Gasteiger partial charge in [-0.05, 0) is 37.6 Å². The fraction of sp³-hybridized carbons (Fsp3) is 0.407. The number of halogens is 1. The molecular formula is C27H29FN6O5. The van der Waals surface area contributed by atoms with Crippen LogP contribution in [-0.4, -0.2) is 78.5 Å². The van der Waals surface area contributed by atoms with E-state index in [9.17, 15) is 18.8 Å². The average molecular weight is 537 g/mol. The minimum Gasteiger partial charge on any atom is -0.494 e. The van der Waals surface area contributed by atoms with Crippen molar-refractivity contribution in [2.45, 2.75) is 32.0 Å². The molecule has 3 aliphatic heterocycles. The number of furan rings is 1. The first-order chi connectivity index (χ1) is 18.7. The van der Waals surface area contributed by atoms with E-state index in [0.29, 0.717) is 22.7 Å². The molecular weight excluding hydrogens is 507 g/mol. The zero-order valence-electron chi connectivity index (χ0n) is 21.9. The molecule has 1 aromatic carbocycles. The van der Waals surface area contributed by atoms with E-state index in [1.165, 1.54) is 18.1 Å². The first-order valence-electron chi connectivity index (χ1n) is 12.9. The van der Waals surface area contributed by atoms with Crippen molar-refractivity contribution in [3.8, 4) is 5.75 Å². The number of urea groups is 1. The van der Waals surface area contributed by atoms with Crippen LogP contribution in [0.1, 0.15) is 35.5 Å². The highest BCUT2D eigenvalue weighted by Crippen LogP contribution is 2.36. The zero-order chi connectivity index (χ0) is 27.5. The largest absolute Gasteiger partial charge is 0.494 e. The first kappa shape index (κ1) is 25.1. The summed E-state index contributed by atoms with van der Waals surface area (Å²) in [5, 5.41) is 4.90. The summed E-state index contributed by atoms with van der Waals surface area (Å²) in [6.45, 7) is 7.70. The lowest BCUT2D eigenvalue weighted by molar-refractivity contribution is -0.125. The van der Waals surface area contributed by atoms with Crippen LogP contribution in [-0.2, 0) is 16.9 Å². The quantitative estimate of drug-likeness (QED) is 0.460. The number of carbonyl (C=O) groups is 3. The molecule has 0 spiro atoms. The lowest BCUT2D eigenvalue weighted by atomic mass is 9.95. The molecule has 0 saturated carbocycles. The van der Waals surface area contributed by atoms with Crippen LogP contribution >= 0.6 is 0 Å². The van der Waals surface area contributed by atoms with E-state index >= 15 is 0 Å². The Bertz CT molecular complexity index is 1500. The summed E-state index contributed by atoms with van der Waals surface area (Å²) in [4.78, 5) is 49.4. The molecule has 3 aromatic rings. The predicted molar refractivity (Wildman–Crippen MR) is 139 cm³/mol. The molecule has 2 fully saturated rings. The SMILES string of the molecule is COc1ccc2c(c1F)C(=O)N(CC1(c3cc4nc(N5CCN(C(C)C)CC5)ccc4o3)NC(=O)NC1=O)C2. The summed E-state index contributed by atoms with van der Waals surface area (Å²) in [5.41, 5.74) is -0.392. The number of amides is 4. The fourth-order valence-electron chi connectivity index (χ4n) is 5.59. The summed E-state index contributed by atoms with van der Waals surface area (Å²) in [6.07, 6.45) is 0. The van der Waals surface area contributed by atoms with Crippen molar-refractivity contribution in [3.05, 3.63) is 53.0 Å². The normalized spacial score (nSPS) is 21.6. The third-order valence-electron chi connectivity index (χ3n) is 7.79. The van der Waals surface area contributed by atoms with E-state index in [1.54, 1.807) is 18.2 Å². The van der Waals surface area contributed by atoms with Gasteiger partial charge in [0.05, 0.1) is 19.2 Å². The Morgan fingerprint density at radius 3 is 2.56 bits per heavy atom. The second-order valence-corrected chi connectivity index (χ2v) is 10.4. The number of hydrogen-bond donors (Lipinski definition) is 2. The number of imide groups is 1. The van der Waals surface area contributed by atoms with Gasteiger partial charge in [-0.1, -0.05) is 6.07 Å². The van der Waals surface area contributed by atoms with Gasteiger partial charge in [-0.15, -0.1) is 0 Å². The number of benzene rings is 1. The van der Waals surface area contributed by atoms with Crippen molar-refractivity contribution in [2.24, 2.45) is 0 Å². The van der Waals surface area contributed by atoms with Gasteiger partial charge in [-0.2, -0.15) is 0 Å². The summed E-state index contributed by atoms with van der Waals surface area (Å²) in [7, 11) is 1.32. The van der Waals surface area contributed by atoms with Crippen LogP contribution in [0.4, 0.5) is 15.0 Å². The van der Waals surface area contributed by atoms with E-state index in [4.69, 9.17) is 14.1 Å². The average Bonchev–Trinajstić information content (AvgIpc) is 3.57. The minimum absolute atomic E-state index is 0.0460. The van der Waals surface area contributed by atoms with E-state index in [-0.39, 0.29) is 30.2 Å². The smallest absolute Gasteiger partial charge is 0.322 e. The molecule has 11 nitrogen and oxygen atoms in total. The van der Waals surface area contributed by atoms with E-state index in [0.717, 1.165) is 32.0 Å². The number of fused-ring (bicyclic) bond motifs is 2. The maximum Gasteiger partial charge on any atom is 0.322 e. The van der Waals surface area contributed by atoms with Crippen molar-refractivity contribution in [1.82, 2.24) is 25.4 Å². The number of rotatable bonds is 6. The minimum atomic E-state index is -1.71. The van der Waals surface area contributed by atoms with Gasteiger partial charge in [-0.25, -0.2) is 14.2 Å². The second kappa shape index (κ2) is 9.23. The van der Waals surface area contributed by atoms with Crippen molar-refractivity contribution in [1.29, 1.82) is 0 Å². The van der Waals surface area contributed by atoms with E-state index < -0.39 is 29.2 Å². The van der Waals surface area contributed by atoms with Crippen LogP contribution in [0.15, 0.2) is 34.7 Å². The molecule has 4 amide bonds. The molecule has 1 atom stereocenters. The Kier molecular flexibility index (Phi) is 5.94. The summed E-state index contributed by atoms with van der Waals surface area (Å²) < 4.78 is 26.0. The van der Waals surface area contributed by atoms with E-state index in [2.05, 4.69) is 34.3 Å². The van der Waals surface area contributed by atoms with Crippen LogP contribution in [0.25, 0.3) is 11.1 Å². The number of carbonyl (C=O) groups excluding carboxylic acids is 3. The number of pyridine rings is 1. The van der Waals surface area contributed by atoms with Gasteiger partial charge in [-0.3, -0.25) is 19.8 Å². The second-order valence-electron chi connectivity index (χ2n) is 10.4. The molecule has 2 saturated heterocycles. The lowest BCUT2D eigenvalue weighted by Crippen LogP contribution is -2.52. The highest BCUT2D eigenvalue weighted by Gasteiger charge is 2.53. The highest BCUT2D eigenvalue weighted by molar-refractivity contribution is 6.08. The molecule has 0 bridgehead atoms. The van der Waals surface area contributed by atoms with Crippen LogP contribution < -0.4 is 20.3 Å². The lowest BCUT2D eigenvalue weighted by Gasteiger charge is -2.37. The van der Waals surface area contributed by atoms with Gasteiger partial charge in [0.15, 0.2) is 22.7 Å². The molecule has 2 N–H and O–H groups in total. The van der Waals surface area contributed by atoms with Crippen molar-refractivity contribution >= 4 is 34.8 Å². The maximum absolute atomic E-state index is 14.9. The van der Waals surface area contributed by atoms with Gasteiger partial charge in [0.2, 0.25) is 0 Å². The first-order valence-corrected chi connectivity index (χ1v) is 12.9. The Hall–Kier alpha value is -4.19. The molecule has 1 unspecified atom stereocenters. The molecule has 3 aliphatic rings. The molecule has 6 rings (SSSR count). The number of hydrogen-bond acceptors (Lipinski definition) is 8. The Balaban J connectivity index is 1.31. The monoisotopic (exact) mass is 536 g/mol. The zero-order valence-corrected chi connectivity index (χ0v) is 21.9. The third kappa shape index (κ3) is 4.06. The Morgan fingerprint density at radius 1 is 1.13 bits per heavy atom. The number of anilines is 1. The van der Waals surface area contributed by atoms with Gasteiger partial charge >= 0.3 is 6.03 Å². The Labute approximate surface area is 223 Å². The van der Waals surface area contributed by atoms with Crippen LogP contribution in [0.2, 0.25) is 0 Å². The number of ether oxygens (including phenoxy) is 1. The number of aromatic nitrogens is 1. The van der Waals surface area contributed by atoms with Crippen molar-refractivity contribution in [2.75, 3.05) is 44.7 Å². The number of nitrogens with one attached hydrogen (secondary N) is 2.